The van der Waals surface area contributed by atoms with Crippen LogP contribution < -0.4 is 18.9 Å². The van der Waals surface area contributed by atoms with Crippen LogP contribution >= 0.6 is 0 Å². The molecule has 0 aliphatic carbocycles. The lowest BCUT2D eigenvalue weighted by Crippen LogP contribution is -2.10. The average molecular weight is 665 g/mol. The number of aryl methyl sites for hydroxylation is 2. The van der Waals surface area contributed by atoms with Crippen LogP contribution in [0.5, 0.6) is 46.5 Å². The molecule has 0 saturated carbocycles. The lowest BCUT2D eigenvalue weighted by molar-refractivity contribution is 0.415. The van der Waals surface area contributed by atoms with Gasteiger partial charge in [0.25, 0.3) is 0 Å². The molecule has 0 amide bonds. The van der Waals surface area contributed by atoms with E-state index in [1.165, 1.54) is 11.1 Å². The van der Waals surface area contributed by atoms with Crippen LogP contribution in [0.1, 0.15) is 63.8 Å². The molecule has 0 fully saturated rings. The first-order chi connectivity index (χ1) is 23.7. The van der Waals surface area contributed by atoms with Crippen molar-refractivity contribution in [2.24, 2.45) is 0 Å². The van der Waals surface area contributed by atoms with Gasteiger partial charge in [-0.25, -0.2) is 0 Å². The van der Waals surface area contributed by atoms with E-state index >= 15 is 0 Å². The zero-order chi connectivity index (χ0) is 35.2. The topological polar surface area (TPSA) is 88.5 Å². The third-order valence-corrected chi connectivity index (χ3v) is 8.31. The number of ether oxygens (including phenoxy) is 4. The highest BCUT2D eigenvalue weighted by Crippen LogP contribution is 2.37. The molecule has 50 heavy (non-hydrogen) atoms. The van der Waals surface area contributed by atoms with Crippen molar-refractivity contribution in [3.8, 4) is 69.3 Å². The highest BCUT2D eigenvalue weighted by Gasteiger charge is 2.19. The largest absolute Gasteiger partial charge is 0.439 e. The number of nitrogens with zero attached hydrogens (tertiary/aromatic N) is 4. The second-order valence-electron chi connectivity index (χ2n) is 14.8. The predicted octanol–water partition coefficient (Wildman–Crippen LogP) is 11.3. The maximum atomic E-state index is 6.38. The van der Waals surface area contributed by atoms with Crippen LogP contribution in [0.3, 0.4) is 0 Å². The molecule has 8 bridgehead atoms. The molecule has 3 heterocycles. The van der Waals surface area contributed by atoms with Crippen LogP contribution in [0.15, 0.2) is 97.1 Å². The van der Waals surface area contributed by atoms with Gasteiger partial charge in [0.2, 0.25) is 23.5 Å². The fraction of sp³-hybridized carbons (Fsp3) is 0.238. The molecule has 0 atom stereocenters. The summed E-state index contributed by atoms with van der Waals surface area (Å²) >= 11 is 0. The Morgan fingerprint density at radius 3 is 0.920 bits per heavy atom. The van der Waals surface area contributed by atoms with E-state index in [1.807, 2.05) is 62.4 Å². The Morgan fingerprint density at radius 1 is 0.380 bits per heavy atom. The van der Waals surface area contributed by atoms with Gasteiger partial charge in [-0.2, -0.15) is 19.9 Å². The van der Waals surface area contributed by atoms with E-state index < -0.39 is 0 Å². The summed E-state index contributed by atoms with van der Waals surface area (Å²) in [5, 5.41) is 0. The third kappa shape index (κ3) is 7.44. The molecule has 0 unspecified atom stereocenters. The van der Waals surface area contributed by atoms with E-state index in [-0.39, 0.29) is 10.8 Å². The van der Waals surface area contributed by atoms with Gasteiger partial charge in [0, 0.05) is 23.3 Å². The van der Waals surface area contributed by atoms with Crippen LogP contribution in [0.4, 0.5) is 0 Å². The monoisotopic (exact) mass is 664 g/mol. The molecule has 0 N–H and O–H groups in total. The highest BCUT2D eigenvalue weighted by molar-refractivity contribution is 5.59. The van der Waals surface area contributed by atoms with Crippen molar-refractivity contribution < 1.29 is 18.9 Å². The molecule has 2 aromatic heterocycles. The lowest BCUT2D eigenvalue weighted by atomic mass is 9.86. The number of aromatic nitrogens is 4. The third-order valence-electron chi connectivity index (χ3n) is 8.31. The summed E-state index contributed by atoms with van der Waals surface area (Å²) in [4.78, 5) is 19.1. The zero-order valence-corrected chi connectivity index (χ0v) is 29.7. The first kappa shape index (κ1) is 32.8. The van der Waals surface area contributed by atoms with Gasteiger partial charge in [-0.05, 0) is 71.2 Å². The van der Waals surface area contributed by atoms with Crippen molar-refractivity contribution in [1.82, 2.24) is 19.9 Å². The van der Waals surface area contributed by atoms with Crippen molar-refractivity contribution in [3.05, 3.63) is 119 Å². The summed E-state index contributed by atoms with van der Waals surface area (Å²) in [6.45, 7) is 17.1. The molecule has 252 valence electrons. The van der Waals surface area contributed by atoms with E-state index in [0.29, 0.717) is 58.2 Å². The minimum absolute atomic E-state index is 0.0156. The minimum Gasteiger partial charge on any atom is -0.439 e. The van der Waals surface area contributed by atoms with Gasteiger partial charge in [0.05, 0.1) is 12.1 Å². The summed E-state index contributed by atoms with van der Waals surface area (Å²) in [6, 6.07) is 31.1. The zero-order valence-electron chi connectivity index (χ0n) is 29.7. The molecule has 1 aliphatic rings. The Bertz CT molecular complexity index is 1960. The number of hydrogen-bond donors (Lipinski definition) is 0. The number of hydrogen-bond acceptors (Lipinski definition) is 8. The fourth-order valence-corrected chi connectivity index (χ4v) is 5.66. The van der Waals surface area contributed by atoms with Crippen molar-refractivity contribution in [2.75, 3.05) is 0 Å². The molecule has 8 nitrogen and oxygen atoms in total. The second-order valence-corrected chi connectivity index (χ2v) is 14.8. The van der Waals surface area contributed by atoms with Gasteiger partial charge < -0.3 is 18.9 Å². The quantitative estimate of drug-likeness (QED) is 0.180. The number of benzene rings is 4. The molecular formula is C42H40N4O4. The molecule has 0 radical (unpaired) electrons. The molecule has 0 spiro atoms. The van der Waals surface area contributed by atoms with Crippen LogP contribution in [0, 0.1) is 13.8 Å². The van der Waals surface area contributed by atoms with Gasteiger partial charge >= 0.3 is 0 Å². The van der Waals surface area contributed by atoms with E-state index in [0.717, 1.165) is 22.3 Å². The molecule has 8 heteroatoms. The summed E-state index contributed by atoms with van der Waals surface area (Å²) < 4.78 is 25.5. The lowest BCUT2D eigenvalue weighted by Gasteiger charge is -2.19. The Hall–Kier alpha value is -5.76. The molecular weight excluding hydrogens is 624 g/mol. The molecule has 1 aliphatic heterocycles. The van der Waals surface area contributed by atoms with Gasteiger partial charge in [-0.1, -0.05) is 90.1 Å². The van der Waals surface area contributed by atoms with Crippen LogP contribution in [-0.4, -0.2) is 19.9 Å². The smallest absolute Gasteiger partial charge is 0.226 e. The van der Waals surface area contributed by atoms with Crippen molar-refractivity contribution >= 4 is 0 Å². The summed E-state index contributed by atoms with van der Waals surface area (Å²) in [6.07, 6.45) is 0. The maximum absolute atomic E-state index is 6.38. The average Bonchev–Trinajstić information content (AvgIpc) is 3.03. The van der Waals surface area contributed by atoms with E-state index in [4.69, 9.17) is 38.9 Å². The minimum atomic E-state index is 0.0156. The van der Waals surface area contributed by atoms with Gasteiger partial charge in [0.1, 0.15) is 23.0 Å². The first-order valence-corrected chi connectivity index (χ1v) is 16.7. The highest BCUT2D eigenvalue weighted by atomic mass is 16.5. The molecule has 6 aromatic rings. The maximum Gasteiger partial charge on any atom is 0.226 e. The first-order valence-electron chi connectivity index (χ1n) is 16.7. The Labute approximate surface area is 293 Å². The van der Waals surface area contributed by atoms with Crippen molar-refractivity contribution in [1.29, 1.82) is 0 Å². The molecule has 4 aromatic carbocycles. The Kier molecular flexibility index (Phi) is 8.26. The number of rotatable bonds is 2. The SMILES string of the molecule is Cc1cc2cc(c1)Oc1cc(nc(-c3ccc(C(C)(C)C)cc3)n1)Oc1cc(C)cc(c1)Oc1cc(nc(-c3ccc(C(C)(C)C)cc3)n1)O2. The van der Waals surface area contributed by atoms with E-state index in [2.05, 4.69) is 65.8 Å². The van der Waals surface area contributed by atoms with Gasteiger partial charge in [0.15, 0.2) is 11.6 Å². The standard InChI is InChI=1S/C42H40N4O4/c1-25-17-31-21-32(18-25)48-36-24-38(46-40(44-36)28-11-15-30(16-12-28)42(6,7)8)50-34-20-26(2)19-33(22-34)49-37-23-35(47-31)43-39(45-37)27-9-13-29(14-10-27)41(3,4)5/h9-24H,1-8H3. The number of fused-ring (bicyclic) bond motifs is 8. The summed E-state index contributed by atoms with van der Waals surface area (Å²) in [5.41, 5.74) is 5.99. The molecule has 7 rings (SSSR count). The summed E-state index contributed by atoms with van der Waals surface area (Å²) in [7, 11) is 0. The van der Waals surface area contributed by atoms with Crippen LogP contribution in [0.2, 0.25) is 0 Å². The van der Waals surface area contributed by atoms with E-state index in [9.17, 15) is 0 Å². The normalized spacial score (nSPS) is 12.6. The fourth-order valence-electron chi connectivity index (χ4n) is 5.66. The van der Waals surface area contributed by atoms with Crippen LogP contribution in [0.25, 0.3) is 22.8 Å². The van der Waals surface area contributed by atoms with Crippen molar-refractivity contribution in [2.45, 2.75) is 66.2 Å². The van der Waals surface area contributed by atoms with E-state index in [1.54, 1.807) is 24.3 Å². The second kappa shape index (κ2) is 12.6. The Balaban J connectivity index is 1.33. The Morgan fingerprint density at radius 2 is 0.660 bits per heavy atom. The van der Waals surface area contributed by atoms with Gasteiger partial charge in [-0.15, -0.1) is 0 Å². The molecule has 0 saturated heterocycles. The van der Waals surface area contributed by atoms with Crippen molar-refractivity contribution in [3.63, 3.8) is 0 Å². The van der Waals surface area contributed by atoms with Crippen LogP contribution in [-0.2, 0) is 10.8 Å². The van der Waals surface area contributed by atoms with Gasteiger partial charge in [-0.3, -0.25) is 0 Å². The predicted molar refractivity (Wildman–Crippen MR) is 195 cm³/mol. The summed E-state index contributed by atoms with van der Waals surface area (Å²) in [5.74, 6) is 4.37.